The maximum Gasteiger partial charge on any atom is 0.000508 e. The molecule has 0 fully saturated rings. The quantitative estimate of drug-likeness (QED) is 0.705. The molecule has 2 atom stereocenters. The van der Waals surface area contributed by atoms with Crippen molar-refractivity contribution >= 4 is 0 Å². The van der Waals surface area contributed by atoms with Crippen LogP contribution >= 0.6 is 0 Å². The Morgan fingerprint density at radius 1 is 1.41 bits per heavy atom. The van der Waals surface area contributed by atoms with Crippen LogP contribution in [0.5, 0.6) is 0 Å². The molecule has 17 heavy (non-hydrogen) atoms. The fourth-order valence-electron chi connectivity index (χ4n) is 2.64. The molecular formula is C16H31N. The van der Waals surface area contributed by atoms with Crippen LogP contribution in [0.15, 0.2) is 11.6 Å². The van der Waals surface area contributed by atoms with Gasteiger partial charge in [0.05, 0.1) is 0 Å². The van der Waals surface area contributed by atoms with Crippen molar-refractivity contribution in [1.29, 1.82) is 0 Å². The second-order valence-corrected chi connectivity index (χ2v) is 7.07. The number of hydrogen-bond donors (Lipinski definition) is 1. The zero-order chi connectivity index (χ0) is 13.1. The second-order valence-electron chi connectivity index (χ2n) is 7.07. The van der Waals surface area contributed by atoms with Crippen molar-refractivity contribution in [2.24, 2.45) is 23.2 Å². The minimum absolute atomic E-state index is 0.408. The van der Waals surface area contributed by atoms with Gasteiger partial charge in [0, 0.05) is 6.54 Å². The molecule has 1 rings (SSSR count). The summed E-state index contributed by atoms with van der Waals surface area (Å²) in [7, 11) is 0. The first-order valence-electron chi connectivity index (χ1n) is 7.19. The predicted octanol–water partition coefficient (Wildman–Crippen LogP) is 4.25. The van der Waals surface area contributed by atoms with Crippen LogP contribution in [0.1, 0.15) is 54.4 Å². The second kappa shape index (κ2) is 6.04. The maximum atomic E-state index is 3.69. The fraction of sp³-hybridized carbons (Fsp3) is 0.875. The van der Waals surface area contributed by atoms with Crippen LogP contribution in [0.4, 0.5) is 0 Å². The van der Waals surface area contributed by atoms with Gasteiger partial charge in [0.25, 0.3) is 0 Å². The summed E-state index contributed by atoms with van der Waals surface area (Å²) in [5.74, 6) is 2.36. The van der Waals surface area contributed by atoms with Gasteiger partial charge in [-0.2, -0.15) is 0 Å². The van der Waals surface area contributed by atoms with Gasteiger partial charge in [0.1, 0.15) is 0 Å². The van der Waals surface area contributed by atoms with Crippen molar-refractivity contribution in [2.45, 2.75) is 54.4 Å². The molecule has 1 aliphatic carbocycles. The van der Waals surface area contributed by atoms with E-state index in [4.69, 9.17) is 0 Å². The van der Waals surface area contributed by atoms with E-state index in [2.05, 4.69) is 52.9 Å². The average Bonchev–Trinajstić information content (AvgIpc) is 2.15. The van der Waals surface area contributed by atoms with Gasteiger partial charge >= 0.3 is 0 Å². The van der Waals surface area contributed by atoms with Crippen molar-refractivity contribution in [2.75, 3.05) is 13.1 Å². The van der Waals surface area contributed by atoms with E-state index in [-0.39, 0.29) is 0 Å². The van der Waals surface area contributed by atoms with Crippen molar-refractivity contribution in [3.05, 3.63) is 11.6 Å². The minimum atomic E-state index is 0.408. The molecule has 1 N–H and O–H groups in total. The molecule has 1 heteroatoms. The molecule has 2 unspecified atom stereocenters. The normalized spacial score (nSPS) is 26.2. The monoisotopic (exact) mass is 237 g/mol. The lowest BCUT2D eigenvalue weighted by Gasteiger charge is -2.31. The van der Waals surface area contributed by atoms with E-state index in [1.165, 1.54) is 19.4 Å². The summed E-state index contributed by atoms with van der Waals surface area (Å²) in [4.78, 5) is 0. The number of allylic oxidation sites excluding steroid dienone is 2. The molecule has 0 saturated heterocycles. The molecular weight excluding hydrogens is 206 g/mol. The van der Waals surface area contributed by atoms with Crippen LogP contribution in [-0.4, -0.2) is 13.1 Å². The smallest absolute Gasteiger partial charge is 0.000508 e. The van der Waals surface area contributed by atoms with Gasteiger partial charge in [0.2, 0.25) is 0 Å². The van der Waals surface area contributed by atoms with Crippen molar-refractivity contribution in [1.82, 2.24) is 5.32 Å². The van der Waals surface area contributed by atoms with Crippen molar-refractivity contribution in [3.63, 3.8) is 0 Å². The molecule has 100 valence electrons. The van der Waals surface area contributed by atoms with Gasteiger partial charge in [0.15, 0.2) is 0 Å². The Kier molecular flexibility index (Phi) is 5.24. The Morgan fingerprint density at radius 3 is 2.59 bits per heavy atom. The van der Waals surface area contributed by atoms with Crippen molar-refractivity contribution < 1.29 is 0 Å². The van der Waals surface area contributed by atoms with Crippen LogP contribution in [0, 0.1) is 23.2 Å². The zero-order valence-corrected chi connectivity index (χ0v) is 12.6. The van der Waals surface area contributed by atoms with Crippen molar-refractivity contribution in [3.8, 4) is 0 Å². The number of hydrogen-bond acceptors (Lipinski definition) is 1. The van der Waals surface area contributed by atoms with E-state index in [1.54, 1.807) is 5.57 Å². The summed E-state index contributed by atoms with van der Waals surface area (Å²) in [5, 5.41) is 3.69. The Hall–Kier alpha value is -0.300. The van der Waals surface area contributed by atoms with E-state index >= 15 is 0 Å². The molecule has 0 aromatic carbocycles. The highest BCUT2D eigenvalue weighted by molar-refractivity contribution is 5.06. The van der Waals surface area contributed by atoms with Gasteiger partial charge < -0.3 is 5.32 Å². The summed E-state index contributed by atoms with van der Waals surface area (Å²) in [6.45, 7) is 16.3. The summed E-state index contributed by atoms with van der Waals surface area (Å²) < 4.78 is 0. The molecule has 1 nitrogen and oxygen atoms in total. The molecule has 0 aromatic rings. The summed E-state index contributed by atoms with van der Waals surface area (Å²) in [5.41, 5.74) is 1.99. The molecule has 0 radical (unpaired) electrons. The Bertz CT molecular complexity index is 263. The topological polar surface area (TPSA) is 12.0 Å². The minimum Gasteiger partial charge on any atom is -0.316 e. The first kappa shape index (κ1) is 14.8. The molecule has 0 spiro atoms. The zero-order valence-electron chi connectivity index (χ0n) is 12.6. The van der Waals surface area contributed by atoms with Crippen LogP contribution in [0.25, 0.3) is 0 Å². The lowest BCUT2D eigenvalue weighted by molar-refractivity contribution is 0.230. The van der Waals surface area contributed by atoms with Crippen LogP contribution < -0.4 is 5.32 Å². The number of rotatable bonds is 5. The van der Waals surface area contributed by atoms with Gasteiger partial charge in [-0.1, -0.05) is 46.3 Å². The van der Waals surface area contributed by atoms with Crippen LogP contribution in [-0.2, 0) is 0 Å². The van der Waals surface area contributed by atoms with E-state index in [0.29, 0.717) is 5.41 Å². The first-order valence-corrected chi connectivity index (χ1v) is 7.19. The summed E-state index contributed by atoms with van der Waals surface area (Å²) >= 11 is 0. The van der Waals surface area contributed by atoms with Gasteiger partial charge in [-0.3, -0.25) is 0 Å². The van der Waals surface area contributed by atoms with Crippen LogP contribution in [0.3, 0.4) is 0 Å². The Labute approximate surface area is 108 Å². The third-order valence-electron chi connectivity index (χ3n) is 4.46. The highest BCUT2D eigenvalue weighted by atomic mass is 14.9. The Morgan fingerprint density at radius 2 is 2.06 bits per heavy atom. The third kappa shape index (κ3) is 4.83. The average molecular weight is 237 g/mol. The SMILES string of the molecule is CC1=CC(C)CC(CNCC(C)(C)C(C)C)C1. The predicted molar refractivity (Wildman–Crippen MR) is 77.1 cm³/mol. The third-order valence-corrected chi connectivity index (χ3v) is 4.46. The summed E-state index contributed by atoms with van der Waals surface area (Å²) in [6.07, 6.45) is 5.08. The highest BCUT2D eigenvalue weighted by Gasteiger charge is 2.23. The molecule has 0 aromatic heterocycles. The maximum absolute atomic E-state index is 3.69. The molecule has 0 bridgehead atoms. The van der Waals surface area contributed by atoms with Gasteiger partial charge in [-0.05, 0) is 49.5 Å². The standard InChI is InChI=1S/C16H31N/c1-12(2)16(5,6)11-17-10-15-8-13(3)7-14(4)9-15/h7,12-13,15,17H,8-11H2,1-6H3. The van der Waals surface area contributed by atoms with Gasteiger partial charge in [-0.15, -0.1) is 0 Å². The summed E-state index contributed by atoms with van der Waals surface area (Å²) in [6, 6.07) is 0. The molecule has 1 aliphatic rings. The molecule has 0 amide bonds. The lowest BCUT2D eigenvalue weighted by Crippen LogP contribution is -2.36. The lowest BCUT2D eigenvalue weighted by atomic mass is 9.80. The largest absolute Gasteiger partial charge is 0.316 e. The van der Waals surface area contributed by atoms with E-state index in [1.807, 2.05) is 0 Å². The van der Waals surface area contributed by atoms with E-state index in [9.17, 15) is 0 Å². The fourth-order valence-corrected chi connectivity index (χ4v) is 2.64. The van der Waals surface area contributed by atoms with Gasteiger partial charge in [-0.25, -0.2) is 0 Å². The number of nitrogens with one attached hydrogen (secondary N) is 1. The Balaban J connectivity index is 2.31. The molecule has 0 saturated carbocycles. The van der Waals surface area contributed by atoms with E-state index in [0.717, 1.165) is 24.3 Å². The molecule has 0 aliphatic heterocycles. The highest BCUT2D eigenvalue weighted by Crippen LogP contribution is 2.28. The first-order chi connectivity index (χ1) is 7.81. The molecule has 0 heterocycles. The van der Waals surface area contributed by atoms with Crippen LogP contribution in [0.2, 0.25) is 0 Å². The van der Waals surface area contributed by atoms with E-state index < -0.39 is 0 Å².